The monoisotopic (exact) mass is 1120 g/mol. The van der Waals surface area contributed by atoms with Gasteiger partial charge in [0.1, 0.15) is 32.5 Å². The Hall–Kier alpha value is -7.29. The van der Waals surface area contributed by atoms with Crippen LogP contribution >= 0.6 is 46.4 Å². The van der Waals surface area contributed by atoms with Crippen LogP contribution in [0.3, 0.4) is 0 Å². The number of nitrogens with zero attached hydrogens (tertiary/aromatic N) is 10. The third kappa shape index (κ3) is 12.7. The summed E-state index contributed by atoms with van der Waals surface area (Å²) in [6, 6.07) is 22.1. The first-order valence-corrected chi connectivity index (χ1v) is 23.2. The number of carbonyl (C=O) groups is 2. The molecule has 0 bridgehead atoms. The molecule has 71 heavy (non-hydrogen) atoms. The summed E-state index contributed by atoms with van der Waals surface area (Å²) in [7, 11) is -9.76. The first-order chi connectivity index (χ1) is 33.0. The van der Waals surface area contributed by atoms with Crippen molar-refractivity contribution >= 4 is 146 Å². The SMILES string of the molecule is O=C(O)c1ccccc1N=Nc1c(S(=O)(=O)O)cc2cc(Nc3nc(Cl)nc(Cl)n3)ccc2c1O.O=C(O)c1ccccc1N=Nc1c(S(=O)(=O)O)cc2cc(Nc3nc(Cl)nc(Cl)n3)ccc2c1O.[Cr]. The number of carboxylic acids is 2. The van der Waals surface area contributed by atoms with Crippen LogP contribution in [0.5, 0.6) is 11.5 Å². The molecule has 8 aromatic rings. The molecular formula is C40H24Cl4CrN12O12S2. The Balaban J connectivity index is 0.000000229. The topological polar surface area (TPSA) is 375 Å². The number of benzene rings is 6. The molecule has 0 saturated heterocycles. The molecule has 2 aromatic heterocycles. The van der Waals surface area contributed by atoms with Crippen LogP contribution in [0.4, 0.5) is 46.0 Å². The maximum atomic E-state index is 12.1. The summed E-state index contributed by atoms with van der Waals surface area (Å²) >= 11 is 23.0. The molecule has 24 nitrogen and oxygen atoms in total. The van der Waals surface area contributed by atoms with Gasteiger partial charge in [0.25, 0.3) is 20.2 Å². The maximum Gasteiger partial charge on any atom is 0.337 e. The number of phenolic OH excluding ortho intramolecular Hbond substituents is 2. The van der Waals surface area contributed by atoms with E-state index in [9.17, 15) is 56.0 Å². The molecule has 8 rings (SSSR count). The molecule has 0 amide bonds. The van der Waals surface area contributed by atoms with Gasteiger partial charge in [-0.1, -0.05) is 24.3 Å². The van der Waals surface area contributed by atoms with E-state index in [2.05, 4.69) is 61.0 Å². The molecule has 8 N–H and O–H groups in total. The number of phenols is 2. The molecule has 6 aromatic carbocycles. The van der Waals surface area contributed by atoms with Crippen molar-refractivity contribution in [3.63, 3.8) is 0 Å². The van der Waals surface area contributed by atoms with E-state index in [-0.39, 0.29) is 94.4 Å². The Morgan fingerprint density at radius 1 is 0.493 bits per heavy atom. The summed E-state index contributed by atoms with van der Waals surface area (Å²) in [6.07, 6.45) is 0. The molecule has 31 heteroatoms. The minimum Gasteiger partial charge on any atom is -0.505 e. The second kappa shape index (κ2) is 21.8. The van der Waals surface area contributed by atoms with E-state index in [1.54, 1.807) is 0 Å². The van der Waals surface area contributed by atoms with E-state index in [4.69, 9.17) is 46.4 Å². The van der Waals surface area contributed by atoms with Gasteiger partial charge in [0.2, 0.25) is 33.0 Å². The summed E-state index contributed by atoms with van der Waals surface area (Å²) in [4.78, 5) is 44.0. The molecular weight excluding hydrogens is 1100 g/mol. The van der Waals surface area contributed by atoms with Gasteiger partial charge in [0.05, 0.1) is 11.1 Å². The molecule has 0 atom stereocenters. The first kappa shape index (κ1) is 53.1. The molecule has 0 saturated carbocycles. The number of hydrogen-bond donors (Lipinski definition) is 8. The standard InChI is InChI=1S/2C20H12Cl2N6O6S.Cr/c2*21-18-24-19(22)26-20(25-18)23-10-5-6-11-9(7-10)8-14(35(32,33)34)15(16(11)29)28-27-13-4-2-1-3-12(13)17(30)31;/h2*1-8,29H,(H,30,31)(H,32,33,34)(H,23,24,25,26);. The van der Waals surface area contributed by atoms with Crippen LogP contribution in [-0.4, -0.2) is 88.2 Å². The van der Waals surface area contributed by atoms with Crippen molar-refractivity contribution in [3.8, 4) is 11.5 Å². The molecule has 2 heterocycles. The second-order valence-electron chi connectivity index (χ2n) is 13.7. The van der Waals surface area contributed by atoms with Crippen LogP contribution in [-0.2, 0) is 37.6 Å². The molecule has 0 aliphatic heterocycles. The van der Waals surface area contributed by atoms with Crippen LogP contribution in [0.15, 0.2) is 127 Å². The average Bonchev–Trinajstić information content (AvgIpc) is 3.27. The smallest absolute Gasteiger partial charge is 0.337 e. The summed E-state index contributed by atoms with van der Waals surface area (Å²) in [5.41, 5.74) is -0.986. The largest absolute Gasteiger partial charge is 0.505 e. The van der Waals surface area contributed by atoms with Gasteiger partial charge in [-0.25, -0.2) is 9.59 Å². The van der Waals surface area contributed by atoms with Crippen molar-refractivity contribution in [3.05, 3.63) is 129 Å². The Labute approximate surface area is 428 Å². The number of aromatic nitrogens is 6. The van der Waals surface area contributed by atoms with Crippen molar-refractivity contribution < 1.29 is 73.3 Å². The zero-order valence-corrected chi connectivity index (χ0v) is 40.5. The van der Waals surface area contributed by atoms with E-state index in [0.717, 1.165) is 12.1 Å². The zero-order valence-electron chi connectivity index (χ0n) is 34.6. The van der Waals surface area contributed by atoms with Gasteiger partial charge in [-0.05, 0) is 130 Å². The van der Waals surface area contributed by atoms with E-state index in [0.29, 0.717) is 11.4 Å². The fraction of sp³-hybridized carbons (Fsp3) is 0. The number of rotatable bonds is 12. The summed E-state index contributed by atoms with van der Waals surface area (Å²) in [5, 5.41) is 60.9. The first-order valence-electron chi connectivity index (χ1n) is 18.8. The fourth-order valence-electron chi connectivity index (χ4n) is 6.16. The van der Waals surface area contributed by atoms with Gasteiger partial charge < -0.3 is 31.1 Å². The third-order valence-corrected chi connectivity index (χ3v) is 11.5. The molecule has 0 fully saturated rings. The van der Waals surface area contributed by atoms with E-state index in [1.165, 1.54) is 84.9 Å². The number of nitrogens with one attached hydrogen (secondary N) is 2. The van der Waals surface area contributed by atoms with Crippen LogP contribution in [0, 0.1) is 0 Å². The number of fused-ring (bicyclic) bond motifs is 2. The minimum absolute atomic E-state index is 0. The number of aromatic hydroxyl groups is 2. The van der Waals surface area contributed by atoms with Gasteiger partial charge >= 0.3 is 11.9 Å². The molecule has 0 aliphatic rings. The predicted octanol–water partition coefficient (Wildman–Crippen LogP) is 10.3. The Morgan fingerprint density at radius 2 is 0.831 bits per heavy atom. The summed E-state index contributed by atoms with van der Waals surface area (Å²) in [6.45, 7) is 0. The summed E-state index contributed by atoms with van der Waals surface area (Å²) in [5.74, 6) is -3.75. The van der Waals surface area contributed by atoms with E-state index >= 15 is 0 Å². The number of anilines is 4. The van der Waals surface area contributed by atoms with Crippen molar-refractivity contribution in [1.29, 1.82) is 0 Å². The van der Waals surface area contributed by atoms with Crippen LogP contribution in [0.2, 0.25) is 21.1 Å². The molecule has 0 radical (unpaired) electrons. The summed E-state index contributed by atoms with van der Waals surface area (Å²) < 4.78 is 67.8. The fourth-order valence-corrected chi connectivity index (χ4v) is 8.20. The molecule has 362 valence electrons. The van der Waals surface area contributed by atoms with E-state index in [1.807, 2.05) is 0 Å². The molecule has 0 spiro atoms. The van der Waals surface area contributed by atoms with Gasteiger partial charge in [-0.2, -0.15) is 46.7 Å². The van der Waals surface area contributed by atoms with Gasteiger partial charge in [0, 0.05) is 39.5 Å². The maximum absolute atomic E-state index is 12.1. The molecule has 0 aliphatic carbocycles. The second-order valence-corrected chi connectivity index (χ2v) is 17.8. The van der Waals surface area contributed by atoms with Crippen LogP contribution in [0.25, 0.3) is 21.5 Å². The van der Waals surface area contributed by atoms with Crippen LogP contribution < -0.4 is 10.6 Å². The van der Waals surface area contributed by atoms with Crippen molar-refractivity contribution in [2.75, 3.05) is 10.6 Å². The normalized spacial score (nSPS) is 11.6. The van der Waals surface area contributed by atoms with Crippen molar-refractivity contribution in [2.24, 2.45) is 20.5 Å². The van der Waals surface area contributed by atoms with E-state index < -0.39 is 64.8 Å². The predicted molar refractivity (Wildman–Crippen MR) is 252 cm³/mol. The Morgan fingerprint density at radius 3 is 1.15 bits per heavy atom. The van der Waals surface area contributed by atoms with Crippen molar-refractivity contribution in [1.82, 2.24) is 29.9 Å². The number of azo groups is 2. The van der Waals surface area contributed by atoms with Gasteiger partial charge in [0.15, 0.2) is 11.5 Å². The number of halogens is 4. The number of carboxylic acid groups (broad SMARTS) is 2. The van der Waals surface area contributed by atoms with Gasteiger partial charge in [-0.15, -0.1) is 20.5 Å². The quantitative estimate of drug-likeness (QED) is 0.0416. The van der Waals surface area contributed by atoms with Crippen LogP contribution in [0.1, 0.15) is 20.7 Å². The van der Waals surface area contributed by atoms with Crippen molar-refractivity contribution in [2.45, 2.75) is 9.79 Å². The molecule has 0 unspecified atom stereocenters. The Kier molecular flexibility index (Phi) is 16.3. The number of aromatic carboxylic acids is 2. The van der Waals surface area contributed by atoms with Gasteiger partial charge in [-0.3, -0.25) is 9.11 Å². The average molecular weight is 1120 g/mol. The Bertz CT molecular complexity index is 3470. The minimum atomic E-state index is -4.88. The third-order valence-electron chi connectivity index (χ3n) is 9.12. The number of hydrogen-bond acceptors (Lipinski definition) is 20. The zero-order chi connectivity index (χ0) is 50.7.